The monoisotopic (exact) mass is 257 g/mol. The minimum atomic E-state index is -0.550. The van der Waals surface area contributed by atoms with Crippen molar-refractivity contribution in [1.82, 2.24) is 4.90 Å². The van der Waals surface area contributed by atoms with Crippen molar-refractivity contribution >= 4 is 5.78 Å². The van der Waals surface area contributed by atoms with Crippen molar-refractivity contribution < 1.29 is 9.90 Å². The standard InChI is InChI=1S/C15H31NO2/c1-11(13(18)15(5,6)7)16(8)12(17)9-10-14(2,3)4/h11-12,17H,9-10H2,1-8H3. The van der Waals surface area contributed by atoms with Crippen LogP contribution in [0.15, 0.2) is 0 Å². The van der Waals surface area contributed by atoms with Crippen LogP contribution >= 0.6 is 0 Å². The van der Waals surface area contributed by atoms with Crippen molar-refractivity contribution in [2.75, 3.05) is 7.05 Å². The molecule has 3 nitrogen and oxygen atoms in total. The highest BCUT2D eigenvalue weighted by Gasteiger charge is 2.31. The second-order valence-corrected chi connectivity index (χ2v) is 7.54. The van der Waals surface area contributed by atoms with Crippen molar-refractivity contribution in [3.8, 4) is 0 Å². The molecule has 0 aromatic carbocycles. The van der Waals surface area contributed by atoms with Gasteiger partial charge >= 0.3 is 0 Å². The van der Waals surface area contributed by atoms with Gasteiger partial charge < -0.3 is 5.11 Å². The van der Waals surface area contributed by atoms with E-state index >= 15 is 0 Å². The largest absolute Gasteiger partial charge is 0.378 e. The molecule has 0 radical (unpaired) electrons. The van der Waals surface area contributed by atoms with E-state index in [1.54, 1.807) is 4.90 Å². The molecule has 3 heteroatoms. The fourth-order valence-corrected chi connectivity index (χ4v) is 1.84. The summed E-state index contributed by atoms with van der Waals surface area (Å²) in [5.74, 6) is 0.166. The molecule has 0 aromatic heterocycles. The molecular weight excluding hydrogens is 226 g/mol. The normalized spacial score (nSPS) is 16.8. The molecule has 0 saturated carbocycles. The van der Waals surface area contributed by atoms with Crippen LogP contribution in [0.2, 0.25) is 0 Å². The molecule has 0 rings (SSSR count). The van der Waals surface area contributed by atoms with E-state index in [1.165, 1.54) is 0 Å². The molecule has 0 aliphatic rings. The number of rotatable bonds is 5. The van der Waals surface area contributed by atoms with Gasteiger partial charge in [0.15, 0.2) is 5.78 Å². The highest BCUT2D eigenvalue weighted by molar-refractivity contribution is 5.88. The highest BCUT2D eigenvalue weighted by atomic mass is 16.3. The third kappa shape index (κ3) is 5.96. The van der Waals surface area contributed by atoms with Crippen LogP contribution in [0, 0.1) is 10.8 Å². The molecule has 0 bridgehead atoms. The molecule has 0 aromatic rings. The number of aliphatic hydroxyl groups excluding tert-OH is 1. The van der Waals surface area contributed by atoms with Crippen LogP contribution in [0.25, 0.3) is 0 Å². The van der Waals surface area contributed by atoms with Gasteiger partial charge in [0.1, 0.15) is 6.23 Å². The minimum Gasteiger partial charge on any atom is -0.378 e. The number of ketones is 1. The van der Waals surface area contributed by atoms with Gasteiger partial charge in [0.05, 0.1) is 6.04 Å². The lowest BCUT2D eigenvalue weighted by Gasteiger charge is -2.33. The van der Waals surface area contributed by atoms with E-state index in [9.17, 15) is 9.90 Å². The summed E-state index contributed by atoms with van der Waals surface area (Å²) < 4.78 is 0. The van der Waals surface area contributed by atoms with Gasteiger partial charge in [-0.15, -0.1) is 0 Å². The Bertz CT molecular complexity index is 273. The van der Waals surface area contributed by atoms with Gasteiger partial charge in [-0.25, -0.2) is 0 Å². The molecule has 2 atom stereocenters. The lowest BCUT2D eigenvalue weighted by molar-refractivity contribution is -0.135. The summed E-state index contributed by atoms with van der Waals surface area (Å²) in [7, 11) is 1.82. The highest BCUT2D eigenvalue weighted by Crippen LogP contribution is 2.24. The maximum absolute atomic E-state index is 12.2. The Morgan fingerprint density at radius 3 is 1.94 bits per heavy atom. The predicted molar refractivity (Wildman–Crippen MR) is 76.4 cm³/mol. The molecule has 0 spiro atoms. The third-order valence-corrected chi connectivity index (χ3v) is 3.35. The lowest BCUT2D eigenvalue weighted by atomic mass is 9.86. The lowest BCUT2D eigenvalue weighted by Crippen LogP contribution is -2.47. The van der Waals surface area contributed by atoms with Gasteiger partial charge in [-0.05, 0) is 32.2 Å². The SMILES string of the molecule is CC(C(=O)C(C)(C)C)N(C)C(O)CCC(C)(C)C. The number of carbonyl (C=O) groups excluding carboxylic acids is 1. The molecule has 0 fully saturated rings. The maximum atomic E-state index is 12.2. The van der Waals surface area contributed by atoms with Gasteiger partial charge in [0, 0.05) is 5.41 Å². The van der Waals surface area contributed by atoms with E-state index in [0.717, 1.165) is 6.42 Å². The van der Waals surface area contributed by atoms with Crippen LogP contribution in [-0.2, 0) is 4.79 Å². The van der Waals surface area contributed by atoms with Gasteiger partial charge in [-0.2, -0.15) is 0 Å². The molecule has 2 unspecified atom stereocenters. The van der Waals surface area contributed by atoms with Crippen LogP contribution in [0.4, 0.5) is 0 Å². The Morgan fingerprint density at radius 2 is 1.61 bits per heavy atom. The van der Waals surface area contributed by atoms with Crippen LogP contribution in [0.3, 0.4) is 0 Å². The zero-order chi connectivity index (χ0) is 14.7. The fraction of sp³-hybridized carbons (Fsp3) is 0.933. The average Bonchev–Trinajstić information content (AvgIpc) is 2.20. The molecule has 0 amide bonds. The summed E-state index contributed by atoms with van der Waals surface area (Å²) in [6.45, 7) is 14.1. The summed E-state index contributed by atoms with van der Waals surface area (Å²) in [6.07, 6.45) is 1.09. The Morgan fingerprint density at radius 1 is 1.17 bits per heavy atom. The number of likely N-dealkylation sites (N-methyl/N-ethyl adjacent to an activating group) is 1. The number of nitrogens with zero attached hydrogens (tertiary/aromatic N) is 1. The zero-order valence-corrected chi connectivity index (χ0v) is 13.4. The van der Waals surface area contributed by atoms with Crippen molar-refractivity contribution in [2.45, 2.75) is 73.6 Å². The van der Waals surface area contributed by atoms with E-state index in [1.807, 2.05) is 34.7 Å². The molecule has 0 aliphatic carbocycles. The number of carbonyl (C=O) groups is 1. The van der Waals surface area contributed by atoms with E-state index in [-0.39, 0.29) is 22.7 Å². The predicted octanol–water partition coefficient (Wildman–Crippen LogP) is 3.07. The number of hydrogen-bond donors (Lipinski definition) is 1. The average molecular weight is 257 g/mol. The summed E-state index contributed by atoms with van der Waals surface area (Å²) in [6, 6.07) is -0.250. The molecule has 18 heavy (non-hydrogen) atoms. The summed E-state index contributed by atoms with van der Waals surface area (Å²) in [4.78, 5) is 13.9. The number of hydrogen-bond acceptors (Lipinski definition) is 3. The maximum Gasteiger partial charge on any atom is 0.155 e. The zero-order valence-electron chi connectivity index (χ0n) is 13.4. The van der Waals surface area contributed by atoms with Crippen LogP contribution < -0.4 is 0 Å². The molecule has 0 heterocycles. The van der Waals surface area contributed by atoms with Gasteiger partial charge in [-0.3, -0.25) is 9.69 Å². The van der Waals surface area contributed by atoms with E-state index < -0.39 is 6.23 Å². The van der Waals surface area contributed by atoms with Crippen molar-refractivity contribution in [2.24, 2.45) is 10.8 Å². The Labute approximate surface area is 113 Å². The molecular formula is C15H31NO2. The number of Topliss-reactive ketones (excluding diaryl/α,β-unsaturated/α-hetero) is 1. The van der Waals surface area contributed by atoms with Gasteiger partial charge in [0.2, 0.25) is 0 Å². The Hall–Kier alpha value is -0.410. The fourth-order valence-electron chi connectivity index (χ4n) is 1.84. The summed E-state index contributed by atoms with van der Waals surface area (Å²) in [5.41, 5.74) is -0.156. The Kier molecular flexibility index (Phi) is 6.02. The van der Waals surface area contributed by atoms with Gasteiger partial charge in [-0.1, -0.05) is 41.5 Å². The van der Waals surface area contributed by atoms with Crippen molar-refractivity contribution in [1.29, 1.82) is 0 Å². The first kappa shape index (κ1) is 17.6. The second-order valence-electron chi connectivity index (χ2n) is 7.54. The van der Waals surface area contributed by atoms with Crippen molar-refractivity contribution in [3.05, 3.63) is 0 Å². The molecule has 0 saturated heterocycles. The van der Waals surface area contributed by atoms with E-state index in [0.29, 0.717) is 6.42 Å². The number of aliphatic hydroxyl groups is 1. The van der Waals surface area contributed by atoms with E-state index in [4.69, 9.17) is 0 Å². The Balaban J connectivity index is 4.46. The van der Waals surface area contributed by atoms with Crippen LogP contribution in [0.1, 0.15) is 61.3 Å². The second kappa shape index (κ2) is 6.16. The molecule has 1 N–H and O–H groups in total. The van der Waals surface area contributed by atoms with Crippen LogP contribution in [-0.4, -0.2) is 35.1 Å². The quantitative estimate of drug-likeness (QED) is 0.770. The van der Waals surface area contributed by atoms with Crippen molar-refractivity contribution in [3.63, 3.8) is 0 Å². The topological polar surface area (TPSA) is 40.5 Å². The molecule has 108 valence electrons. The first-order valence-corrected chi connectivity index (χ1v) is 6.80. The third-order valence-electron chi connectivity index (χ3n) is 3.35. The van der Waals surface area contributed by atoms with Crippen LogP contribution in [0.5, 0.6) is 0 Å². The summed E-state index contributed by atoms with van der Waals surface area (Å²) in [5, 5.41) is 10.1. The summed E-state index contributed by atoms with van der Waals surface area (Å²) >= 11 is 0. The minimum absolute atomic E-state index is 0.166. The molecule has 0 aliphatic heterocycles. The first-order valence-electron chi connectivity index (χ1n) is 6.80. The van der Waals surface area contributed by atoms with E-state index in [2.05, 4.69) is 20.8 Å². The van der Waals surface area contributed by atoms with Gasteiger partial charge in [0.25, 0.3) is 0 Å². The first-order chi connectivity index (χ1) is 7.86. The smallest absolute Gasteiger partial charge is 0.155 e.